The summed E-state index contributed by atoms with van der Waals surface area (Å²) in [5.74, 6) is -0.796. The van der Waals surface area contributed by atoms with E-state index >= 15 is 4.39 Å². The van der Waals surface area contributed by atoms with Gasteiger partial charge in [0.15, 0.2) is 5.60 Å². The summed E-state index contributed by atoms with van der Waals surface area (Å²) in [5, 5.41) is 27.1. The first-order chi connectivity index (χ1) is 16.0. The van der Waals surface area contributed by atoms with E-state index in [-0.39, 0.29) is 23.9 Å². The Morgan fingerprint density at radius 3 is 2.59 bits per heavy atom. The third-order valence-corrected chi connectivity index (χ3v) is 7.51. The van der Waals surface area contributed by atoms with E-state index in [4.69, 9.17) is 0 Å². The second-order valence-electron chi connectivity index (χ2n) is 9.59. The summed E-state index contributed by atoms with van der Waals surface area (Å²) in [7, 11) is 0. The van der Waals surface area contributed by atoms with Crippen molar-refractivity contribution >= 4 is 11.6 Å². The lowest BCUT2D eigenvalue weighted by molar-refractivity contribution is -0.258. The van der Waals surface area contributed by atoms with E-state index in [9.17, 15) is 28.3 Å². The van der Waals surface area contributed by atoms with Gasteiger partial charge in [-0.15, -0.1) is 0 Å². The van der Waals surface area contributed by atoms with Crippen molar-refractivity contribution in [3.63, 3.8) is 0 Å². The van der Waals surface area contributed by atoms with E-state index in [0.717, 1.165) is 12.8 Å². The number of nitriles is 1. The van der Waals surface area contributed by atoms with Crippen LogP contribution in [-0.2, 0) is 10.4 Å². The number of piperidine rings is 1. The Kier molecular flexibility index (Phi) is 6.52. The van der Waals surface area contributed by atoms with Crippen molar-refractivity contribution in [1.29, 1.82) is 5.26 Å². The molecule has 2 aliphatic heterocycles. The zero-order valence-corrected chi connectivity index (χ0v) is 18.8. The van der Waals surface area contributed by atoms with Crippen LogP contribution in [0.1, 0.15) is 51.0 Å². The van der Waals surface area contributed by atoms with E-state index in [0.29, 0.717) is 38.4 Å². The summed E-state index contributed by atoms with van der Waals surface area (Å²) in [6.45, 7) is 1.13. The lowest BCUT2D eigenvalue weighted by atomic mass is 9.76. The Morgan fingerprint density at radius 1 is 1.26 bits per heavy atom. The summed E-state index contributed by atoms with van der Waals surface area (Å²) >= 11 is 0. The molecular formula is C23H29F4N5O2. The third-order valence-electron chi connectivity index (χ3n) is 7.51. The molecule has 1 aromatic rings. The van der Waals surface area contributed by atoms with Crippen LogP contribution in [0.3, 0.4) is 0 Å². The molecule has 1 aliphatic carbocycles. The number of carbonyl (C=O) groups is 1. The molecule has 1 aromatic carbocycles. The number of hydrogen-bond donors (Lipinski definition) is 4. The molecule has 3 aliphatic rings. The minimum Gasteiger partial charge on any atom is -0.376 e. The van der Waals surface area contributed by atoms with Crippen molar-refractivity contribution in [2.24, 2.45) is 5.92 Å². The SMILES string of the molecule is CC(O)(c1ccc(NC2NN([C@@]3(CC#N)CCCC[C@H]3F)C3CCNC(=O)C23)cc1)C(F)(F)F. The first kappa shape index (κ1) is 24.7. The highest BCUT2D eigenvalue weighted by Gasteiger charge is 2.57. The van der Waals surface area contributed by atoms with Gasteiger partial charge in [-0.1, -0.05) is 25.0 Å². The molecule has 2 heterocycles. The number of nitrogens with zero attached hydrogens (tertiary/aromatic N) is 2. The van der Waals surface area contributed by atoms with Crippen molar-refractivity contribution in [1.82, 2.24) is 15.8 Å². The molecule has 0 spiro atoms. The first-order valence-electron chi connectivity index (χ1n) is 11.5. The van der Waals surface area contributed by atoms with E-state index in [2.05, 4.69) is 22.1 Å². The fraction of sp³-hybridized carbons (Fsp3) is 0.652. The summed E-state index contributed by atoms with van der Waals surface area (Å²) in [6.07, 6.45) is -3.77. The Morgan fingerprint density at radius 2 is 1.97 bits per heavy atom. The summed E-state index contributed by atoms with van der Waals surface area (Å²) < 4.78 is 54.8. The highest BCUT2D eigenvalue weighted by molar-refractivity contribution is 5.82. The molecule has 4 unspecified atom stereocenters. The van der Waals surface area contributed by atoms with Crippen molar-refractivity contribution in [2.75, 3.05) is 11.9 Å². The van der Waals surface area contributed by atoms with Crippen LogP contribution in [0.4, 0.5) is 23.2 Å². The van der Waals surface area contributed by atoms with Gasteiger partial charge in [-0.3, -0.25) is 4.79 Å². The van der Waals surface area contributed by atoms with Gasteiger partial charge >= 0.3 is 6.18 Å². The number of benzene rings is 1. The number of nitrogens with one attached hydrogen (secondary N) is 3. The predicted octanol–water partition coefficient (Wildman–Crippen LogP) is 3.08. The van der Waals surface area contributed by atoms with Crippen LogP contribution in [0, 0.1) is 17.2 Å². The normalized spacial score (nSPS) is 34.0. The second kappa shape index (κ2) is 8.98. The summed E-state index contributed by atoms with van der Waals surface area (Å²) in [4.78, 5) is 12.8. The van der Waals surface area contributed by atoms with Crippen LogP contribution in [0.25, 0.3) is 0 Å². The molecule has 11 heteroatoms. The minimum atomic E-state index is -4.83. The topological polar surface area (TPSA) is 100 Å². The lowest BCUT2D eigenvalue weighted by Crippen LogP contribution is -2.63. The number of amides is 1. The maximum atomic E-state index is 15.3. The Hall–Kier alpha value is -2.42. The van der Waals surface area contributed by atoms with E-state index < -0.39 is 35.6 Å². The monoisotopic (exact) mass is 483 g/mol. The molecule has 0 aromatic heterocycles. The Labute approximate surface area is 195 Å². The van der Waals surface area contributed by atoms with Crippen LogP contribution >= 0.6 is 0 Å². The smallest absolute Gasteiger partial charge is 0.376 e. The predicted molar refractivity (Wildman–Crippen MR) is 116 cm³/mol. The molecule has 186 valence electrons. The molecule has 2 saturated heterocycles. The van der Waals surface area contributed by atoms with Gasteiger partial charge in [-0.2, -0.15) is 18.4 Å². The number of hydrazine groups is 1. The van der Waals surface area contributed by atoms with Crippen molar-refractivity contribution in [2.45, 2.75) is 81.1 Å². The molecular weight excluding hydrogens is 454 g/mol. The molecule has 34 heavy (non-hydrogen) atoms. The van der Waals surface area contributed by atoms with Crippen LogP contribution in [-0.4, -0.2) is 52.7 Å². The van der Waals surface area contributed by atoms with Crippen LogP contribution in [0.5, 0.6) is 0 Å². The maximum absolute atomic E-state index is 15.3. The maximum Gasteiger partial charge on any atom is 0.421 e. The van der Waals surface area contributed by atoms with Crippen molar-refractivity contribution < 1.29 is 27.5 Å². The number of hydrogen-bond acceptors (Lipinski definition) is 6. The van der Waals surface area contributed by atoms with E-state index in [1.807, 2.05) is 0 Å². The second-order valence-corrected chi connectivity index (χ2v) is 9.59. The molecule has 1 amide bonds. The van der Waals surface area contributed by atoms with E-state index in [1.165, 1.54) is 24.3 Å². The molecule has 4 rings (SSSR count). The average molecular weight is 484 g/mol. The number of anilines is 1. The lowest BCUT2D eigenvalue weighted by Gasteiger charge is -2.48. The number of halogens is 4. The van der Waals surface area contributed by atoms with Gasteiger partial charge in [0.25, 0.3) is 0 Å². The zero-order valence-electron chi connectivity index (χ0n) is 18.8. The van der Waals surface area contributed by atoms with Crippen LogP contribution in [0.15, 0.2) is 24.3 Å². The van der Waals surface area contributed by atoms with Gasteiger partial charge < -0.3 is 15.7 Å². The van der Waals surface area contributed by atoms with Gasteiger partial charge in [-0.25, -0.2) is 14.8 Å². The van der Waals surface area contributed by atoms with Gasteiger partial charge in [0, 0.05) is 18.3 Å². The highest BCUT2D eigenvalue weighted by atomic mass is 19.4. The largest absolute Gasteiger partial charge is 0.421 e. The quantitative estimate of drug-likeness (QED) is 0.481. The number of rotatable bonds is 5. The van der Waals surface area contributed by atoms with Gasteiger partial charge in [-0.05, 0) is 43.9 Å². The average Bonchev–Trinajstić information content (AvgIpc) is 3.15. The van der Waals surface area contributed by atoms with Gasteiger partial charge in [0.1, 0.15) is 12.3 Å². The van der Waals surface area contributed by atoms with Gasteiger partial charge in [0.2, 0.25) is 5.91 Å². The molecule has 7 nitrogen and oxygen atoms in total. The first-order valence-corrected chi connectivity index (χ1v) is 11.5. The molecule has 3 fully saturated rings. The number of fused-ring (bicyclic) bond motifs is 1. The molecule has 6 atom stereocenters. The molecule has 0 bridgehead atoms. The Bertz CT molecular complexity index is 948. The molecule has 4 N–H and O–H groups in total. The standard InChI is InChI=1S/C23H29F4N5O2/c1-21(34,23(25,26)27)14-5-7-15(8-6-14)30-19-18-16(9-13-29-20(18)33)32(31-19)22(11-12-28)10-3-2-4-17(22)24/h5-8,16-19,30-31,34H,2-4,9-11,13H2,1H3,(H,29,33)/t16?,17-,18?,19?,21?,22-/m1/s1. The zero-order chi connectivity index (χ0) is 24.7. The molecule has 1 saturated carbocycles. The highest BCUT2D eigenvalue weighted by Crippen LogP contribution is 2.44. The fourth-order valence-electron chi connectivity index (χ4n) is 5.49. The summed E-state index contributed by atoms with van der Waals surface area (Å²) in [5.41, 5.74) is -0.664. The summed E-state index contributed by atoms with van der Waals surface area (Å²) in [6, 6.07) is 6.96. The van der Waals surface area contributed by atoms with Crippen molar-refractivity contribution in [3.05, 3.63) is 29.8 Å². The fourth-order valence-corrected chi connectivity index (χ4v) is 5.49. The number of aliphatic hydroxyl groups is 1. The van der Waals surface area contributed by atoms with Crippen molar-refractivity contribution in [3.8, 4) is 6.07 Å². The minimum absolute atomic E-state index is 0.0139. The van der Waals surface area contributed by atoms with Crippen LogP contribution < -0.4 is 16.1 Å². The number of carbonyl (C=O) groups excluding carboxylic acids is 1. The third kappa shape index (κ3) is 4.12. The van der Waals surface area contributed by atoms with Gasteiger partial charge in [0.05, 0.1) is 23.9 Å². The molecule has 0 radical (unpaired) electrons. The van der Waals surface area contributed by atoms with Crippen LogP contribution in [0.2, 0.25) is 0 Å². The number of alkyl halides is 4. The Balaban J connectivity index is 1.60. The van der Waals surface area contributed by atoms with E-state index in [1.54, 1.807) is 5.01 Å².